The van der Waals surface area contributed by atoms with E-state index in [2.05, 4.69) is 15.1 Å². The van der Waals surface area contributed by atoms with Crippen LogP contribution in [0.1, 0.15) is 33.7 Å². The molecule has 0 atom stereocenters. The maximum Gasteiger partial charge on any atom is 0.306 e. The summed E-state index contributed by atoms with van der Waals surface area (Å²) >= 11 is 0. The predicted molar refractivity (Wildman–Crippen MR) is 90.2 cm³/mol. The minimum Gasteiger partial charge on any atom is -0.457 e. The van der Waals surface area contributed by atoms with E-state index in [0.717, 1.165) is 35.2 Å². The molecular weight excluding hydrogens is 358 g/mol. The molecule has 0 bridgehead atoms. The summed E-state index contributed by atoms with van der Waals surface area (Å²) in [5.74, 6) is -2.57. The summed E-state index contributed by atoms with van der Waals surface area (Å²) in [6, 6.07) is 2.53. The average Bonchev–Trinajstić information content (AvgIpc) is 3.10. The Morgan fingerprint density at radius 2 is 2.00 bits per heavy atom. The van der Waals surface area contributed by atoms with Crippen LogP contribution in [-0.2, 0) is 16.0 Å². The molecule has 2 heterocycles. The van der Waals surface area contributed by atoms with Crippen LogP contribution in [0.4, 0.5) is 8.78 Å². The first kappa shape index (κ1) is 18.6. The molecule has 27 heavy (non-hydrogen) atoms. The third-order valence-corrected chi connectivity index (χ3v) is 4.16. The SMILES string of the molecule is Cc1nc2ncnn2c(C)c1CCC(=O)OCC(=O)c1cc(F)ccc1F. The lowest BCUT2D eigenvalue weighted by Crippen LogP contribution is -2.16. The summed E-state index contributed by atoms with van der Waals surface area (Å²) in [7, 11) is 0. The monoisotopic (exact) mass is 374 g/mol. The van der Waals surface area contributed by atoms with Crippen molar-refractivity contribution >= 4 is 17.5 Å². The summed E-state index contributed by atoms with van der Waals surface area (Å²) in [5, 5.41) is 4.07. The molecule has 0 aliphatic rings. The van der Waals surface area contributed by atoms with Crippen molar-refractivity contribution in [1.29, 1.82) is 0 Å². The highest BCUT2D eigenvalue weighted by atomic mass is 19.1. The van der Waals surface area contributed by atoms with Crippen molar-refractivity contribution < 1.29 is 23.1 Å². The smallest absolute Gasteiger partial charge is 0.306 e. The molecule has 0 fully saturated rings. The number of esters is 1. The zero-order chi connectivity index (χ0) is 19.6. The Bertz CT molecular complexity index is 1030. The van der Waals surface area contributed by atoms with E-state index < -0.39 is 35.6 Å². The van der Waals surface area contributed by atoms with Crippen LogP contribution in [0.25, 0.3) is 5.78 Å². The Morgan fingerprint density at radius 3 is 2.78 bits per heavy atom. The van der Waals surface area contributed by atoms with E-state index in [0.29, 0.717) is 12.2 Å². The van der Waals surface area contributed by atoms with Crippen molar-refractivity contribution in [1.82, 2.24) is 19.6 Å². The summed E-state index contributed by atoms with van der Waals surface area (Å²) in [6.45, 7) is 2.99. The number of aromatic nitrogens is 4. The van der Waals surface area contributed by atoms with Gasteiger partial charge in [-0.3, -0.25) is 9.59 Å². The van der Waals surface area contributed by atoms with Crippen LogP contribution in [0.15, 0.2) is 24.5 Å². The summed E-state index contributed by atoms with van der Waals surface area (Å²) in [5.41, 5.74) is 1.90. The molecule has 1 aromatic carbocycles. The molecule has 0 spiro atoms. The maximum atomic E-state index is 13.6. The molecule has 9 heteroatoms. The van der Waals surface area contributed by atoms with Crippen LogP contribution in [0.2, 0.25) is 0 Å². The van der Waals surface area contributed by atoms with Crippen molar-refractivity contribution in [2.24, 2.45) is 0 Å². The minimum atomic E-state index is -0.865. The number of hydrogen-bond acceptors (Lipinski definition) is 6. The molecule has 0 N–H and O–H groups in total. The molecule has 3 aromatic rings. The standard InChI is InChI=1S/C18H16F2N4O3/c1-10-13(11(2)24-18(23-10)21-9-22-24)4-6-17(26)27-8-16(25)14-7-12(19)3-5-15(14)20/h3,5,7,9H,4,6,8H2,1-2H3. The highest BCUT2D eigenvalue weighted by molar-refractivity contribution is 5.98. The zero-order valence-electron chi connectivity index (χ0n) is 14.7. The van der Waals surface area contributed by atoms with Gasteiger partial charge in [-0.25, -0.2) is 18.3 Å². The number of hydrogen-bond donors (Lipinski definition) is 0. The number of aryl methyl sites for hydroxylation is 2. The van der Waals surface area contributed by atoms with Gasteiger partial charge in [0.2, 0.25) is 5.78 Å². The van der Waals surface area contributed by atoms with Gasteiger partial charge in [0.15, 0.2) is 6.61 Å². The summed E-state index contributed by atoms with van der Waals surface area (Å²) in [4.78, 5) is 32.2. The Labute approximate surface area is 153 Å². The molecule has 140 valence electrons. The minimum absolute atomic E-state index is 0.00246. The second-order valence-electron chi connectivity index (χ2n) is 5.94. The zero-order valence-corrected chi connectivity index (χ0v) is 14.7. The van der Waals surface area contributed by atoms with Crippen molar-refractivity contribution in [2.75, 3.05) is 6.61 Å². The maximum absolute atomic E-state index is 13.6. The average molecular weight is 374 g/mol. The fourth-order valence-corrected chi connectivity index (χ4v) is 2.75. The lowest BCUT2D eigenvalue weighted by molar-refractivity contribution is -0.142. The fourth-order valence-electron chi connectivity index (χ4n) is 2.75. The molecule has 0 aliphatic heterocycles. The number of fused-ring (bicyclic) bond motifs is 1. The number of benzene rings is 1. The van der Waals surface area contributed by atoms with Gasteiger partial charge < -0.3 is 4.74 Å². The first-order valence-corrected chi connectivity index (χ1v) is 8.16. The number of rotatable bonds is 6. The molecule has 3 rings (SSSR count). The van der Waals surface area contributed by atoms with E-state index in [-0.39, 0.29) is 6.42 Å². The molecular formula is C18H16F2N4O3. The molecule has 0 aliphatic carbocycles. The number of Topliss-reactive ketones (excluding diaryl/α,β-unsaturated/α-hetero) is 1. The van der Waals surface area contributed by atoms with E-state index in [9.17, 15) is 18.4 Å². The lowest BCUT2D eigenvalue weighted by Gasteiger charge is -2.10. The van der Waals surface area contributed by atoms with Crippen LogP contribution in [0.5, 0.6) is 0 Å². The van der Waals surface area contributed by atoms with Crippen molar-refractivity contribution in [3.05, 3.63) is 58.7 Å². The molecule has 0 saturated heterocycles. The van der Waals surface area contributed by atoms with Crippen LogP contribution in [0, 0.1) is 25.5 Å². The number of carbonyl (C=O) groups is 2. The number of ether oxygens (including phenoxy) is 1. The number of nitrogens with zero attached hydrogens (tertiary/aromatic N) is 4. The van der Waals surface area contributed by atoms with E-state index >= 15 is 0 Å². The summed E-state index contributed by atoms with van der Waals surface area (Å²) < 4.78 is 33.2. The van der Waals surface area contributed by atoms with Gasteiger partial charge >= 0.3 is 5.97 Å². The first-order chi connectivity index (χ1) is 12.9. The Hall–Kier alpha value is -3.23. The van der Waals surface area contributed by atoms with E-state index in [1.165, 1.54) is 6.33 Å². The van der Waals surface area contributed by atoms with Crippen LogP contribution in [-0.4, -0.2) is 37.9 Å². The molecule has 0 amide bonds. The van der Waals surface area contributed by atoms with E-state index in [1.54, 1.807) is 11.4 Å². The van der Waals surface area contributed by atoms with Gasteiger partial charge in [0.05, 0.1) is 5.56 Å². The summed E-state index contributed by atoms with van der Waals surface area (Å²) in [6.07, 6.45) is 1.73. The van der Waals surface area contributed by atoms with Gasteiger partial charge in [0.1, 0.15) is 18.0 Å². The van der Waals surface area contributed by atoms with Crippen molar-refractivity contribution in [3.63, 3.8) is 0 Å². The van der Waals surface area contributed by atoms with Gasteiger partial charge in [-0.15, -0.1) is 0 Å². The molecule has 7 nitrogen and oxygen atoms in total. The van der Waals surface area contributed by atoms with Crippen LogP contribution < -0.4 is 0 Å². The fraction of sp³-hybridized carbons (Fsp3) is 0.278. The van der Waals surface area contributed by atoms with E-state index in [1.807, 2.05) is 6.92 Å². The quantitative estimate of drug-likeness (QED) is 0.486. The largest absolute Gasteiger partial charge is 0.457 e. The predicted octanol–water partition coefficient (Wildman–Crippen LogP) is 2.38. The molecule has 0 saturated carbocycles. The second kappa shape index (κ2) is 7.56. The first-order valence-electron chi connectivity index (χ1n) is 8.16. The highest BCUT2D eigenvalue weighted by Crippen LogP contribution is 2.15. The third kappa shape index (κ3) is 3.97. The number of ketones is 1. The topological polar surface area (TPSA) is 86.4 Å². The Balaban J connectivity index is 1.60. The highest BCUT2D eigenvalue weighted by Gasteiger charge is 2.17. The Kier molecular flexibility index (Phi) is 5.20. The Morgan fingerprint density at radius 1 is 1.22 bits per heavy atom. The number of halogens is 2. The number of carbonyl (C=O) groups excluding carboxylic acids is 2. The van der Waals surface area contributed by atoms with Crippen LogP contribution >= 0.6 is 0 Å². The van der Waals surface area contributed by atoms with Crippen LogP contribution in [0.3, 0.4) is 0 Å². The van der Waals surface area contributed by atoms with Gasteiger partial charge in [-0.1, -0.05) is 0 Å². The van der Waals surface area contributed by atoms with Gasteiger partial charge in [0, 0.05) is 17.8 Å². The normalized spacial score (nSPS) is 11.0. The van der Waals surface area contributed by atoms with Gasteiger partial charge in [-0.05, 0) is 44.0 Å². The second-order valence-corrected chi connectivity index (χ2v) is 5.94. The lowest BCUT2D eigenvalue weighted by atomic mass is 10.1. The van der Waals surface area contributed by atoms with Gasteiger partial charge in [0.25, 0.3) is 5.78 Å². The van der Waals surface area contributed by atoms with E-state index in [4.69, 9.17) is 4.74 Å². The molecule has 0 radical (unpaired) electrons. The molecule has 2 aromatic heterocycles. The third-order valence-electron chi connectivity index (χ3n) is 4.16. The molecule has 0 unspecified atom stereocenters. The van der Waals surface area contributed by atoms with Crippen molar-refractivity contribution in [2.45, 2.75) is 26.7 Å². The van der Waals surface area contributed by atoms with Gasteiger partial charge in [-0.2, -0.15) is 10.1 Å². The van der Waals surface area contributed by atoms with Crippen molar-refractivity contribution in [3.8, 4) is 0 Å².